The Morgan fingerprint density at radius 1 is 1.32 bits per heavy atom. The molecule has 134 valence electrons. The molecule has 1 aliphatic heterocycles. The number of nitrogens with zero attached hydrogens (tertiary/aromatic N) is 3. The van der Waals surface area contributed by atoms with Gasteiger partial charge in [0.05, 0.1) is 0 Å². The molecule has 1 unspecified atom stereocenters. The van der Waals surface area contributed by atoms with Crippen LogP contribution in [0.1, 0.15) is 37.6 Å². The molecule has 1 atom stereocenters. The number of aromatic nitrogens is 2. The fraction of sp³-hybridized carbons (Fsp3) is 0.500. The van der Waals surface area contributed by atoms with Crippen LogP contribution < -0.4 is 0 Å². The lowest BCUT2D eigenvalue weighted by molar-refractivity contribution is -0.133. The summed E-state index contributed by atoms with van der Waals surface area (Å²) in [7, 11) is 0. The lowest BCUT2D eigenvalue weighted by Crippen LogP contribution is -2.41. The molecular formula is C20H26FN3O. The number of carbonyl (C=O) groups is 1. The van der Waals surface area contributed by atoms with E-state index in [4.69, 9.17) is 0 Å². The zero-order valence-electron chi connectivity index (χ0n) is 14.8. The zero-order chi connectivity index (χ0) is 17.6. The molecular weight excluding hydrogens is 317 g/mol. The van der Waals surface area contributed by atoms with Crippen LogP contribution >= 0.6 is 0 Å². The van der Waals surface area contributed by atoms with Gasteiger partial charge in [0.1, 0.15) is 18.2 Å². The molecule has 0 bridgehead atoms. The molecule has 0 saturated carbocycles. The number of hydrogen-bond acceptors (Lipinski definition) is 2. The number of aryl methyl sites for hydroxylation is 2. The Balaban J connectivity index is 1.51. The highest BCUT2D eigenvalue weighted by atomic mass is 19.1. The first kappa shape index (κ1) is 17.6. The summed E-state index contributed by atoms with van der Waals surface area (Å²) in [4.78, 5) is 18.9. The molecule has 0 spiro atoms. The van der Waals surface area contributed by atoms with Crippen molar-refractivity contribution in [3.05, 3.63) is 53.9 Å². The van der Waals surface area contributed by atoms with Crippen molar-refractivity contribution in [3.8, 4) is 0 Å². The summed E-state index contributed by atoms with van der Waals surface area (Å²) in [5, 5.41) is 0. The number of piperidine rings is 1. The highest BCUT2D eigenvalue weighted by Gasteiger charge is 2.23. The number of likely N-dealkylation sites (tertiary alicyclic amines) is 1. The first-order chi connectivity index (χ1) is 12.2. The molecule has 4 nitrogen and oxygen atoms in total. The molecule has 3 rings (SSSR count). The van der Waals surface area contributed by atoms with Crippen molar-refractivity contribution < 1.29 is 9.18 Å². The highest BCUT2D eigenvalue weighted by Crippen LogP contribution is 2.22. The monoisotopic (exact) mass is 343 g/mol. The van der Waals surface area contributed by atoms with E-state index < -0.39 is 0 Å². The predicted molar refractivity (Wildman–Crippen MR) is 95.6 cm³/mol. The third kappa shape index (κ3) is 4.68. The average Bonchev–Trinajstić information content (AvgIpc) is 3.08. The Bertz CT molecular complexity index is 695. The van der Waals surface area contributed by atoms with E-state index in [1.807, 2.05) is 27.8 Å². The molecule has 1 fully saturated rings. The van der Waals surface area contributed by atoms with Crippen LogP contribution in [0.15, 0.2) is 36.7 Å². The molecule has 1 aromatic heterocycles. The van der Waals surface area contributed by atoms with Crippen molar-refractivity contribution in [2.24, 2.45) is 5.92 Å². The van der Waals surface area contributed by atoms with Gasteiger partial charge in [0.2, 0.25) is 5.91 Å². The van der Waals surface area contributed by atoms with Gasteiger partial charge in [-0.3, -0.25) is 4.79 Å². The van der Waals surface area contributed by atoms with Crippen molar-refractivity contribution in [3.63, 3.8) is 0 Å². The van der Waals surface area contributed by atoms with Crippen LogP contribution in [0, 0.1) is 11.7 Å². The van der Waals surface area contributed by atoms with E-state index in [0.29, 0.717) is 12.5 Å². The number of carbonyl (C=O) groups excluding carboxylic acids is 1. The first-order valence-electron chi connectivity index (χ1n) is 9.18. The molecule has 1 aromatic carbocycles. The van der Waals surface area contributed by atoms with Gasteiger partial charge in [-0.05, 0) is 49.3 Å². The average molecular weight is 343 g/mol. The largest absolute Gasteiger partial charge is 0.341 e. The quantitative estimate of drug-likeness (QED) is 0.806. The molecule has 0 aliphatic carbocycles. The van der Waals surface area contributed by atoms with Gasteiger partial charge >= 0.3 is 0 Å². The minimum atomic E-state index is -0.191. The molecule has 2 aromatic rings. The van der Waals surface area contributed by atoms with Gasteiger partial charge in [-0.2, -0.15) is 0 Å². The van der Waals surface area contributed by atoms with Gasteiger partial charge < -0.3 is 9.47 Å². The minimum Gasteiger partial charge on any atom is -0.341 e. The topological polar surface area (TPSA) is 38.1 Å². The summed E-state index contributed by atoms with van der Waals surface area (Å²) >= 11 is 0. The van der Waals surface area contributed by atoms with Crippen molar-refractivity contribution in [2.75, 3.05) is 13.1 Å². The Morgan fingerprint density at radius 2 is 2.12 bits per heavy atom. The summed E-state index contributed by atoms with van der Waals surface area (Å²) in [5.74, 6) is 1.47. The van der Waals surface area contributed by atoms with Gasteiger partial charge in [0.15, 0.2) is 0 Å². The van der Waals surface area contributed by atoms with E-state index >= 15 is 0 Å². The maximum Gasteiger partial charge on any atom is 0.242 e. The Kier molecular flexibility index (Phi) is 5.84. The summed E-state index contributed by atoms with van der Waals surface area (Å²) in [6.45, 7) is 4.11. The second kappa shape index (κ2) is 8.28. The van der Waals surface area contributed by atoms with Gasteiger partial charge in [0.25, 0.3) is 0 Å². The molecule has 25 heavy (non-hydrogen) atoms. The standard InChI is InChI=1S/C20H26FN3O/c1-2-19-22-11-13-23(19)15-20(25)24-12-3-4-17(14-24)6-5-16-7-9-18(21)10-8-16/h7-11,13,17H,2-6,12,14-15H2,1H3. The molecule has 5 heteroatoms. The molecule has 1 saturated heterocycles. The van der Waals surface area contributed by atoms with Gasteiger partial charge in [-0.15, -0.1) is 0 Å². The third-order valence-corrected chi connectivity index (χ3v) is 5.05. The van der Waals surface area contributed by atoms with E-state index in [2.05, 4.69) is 11.9 Å². The van der Waals surface area contributed by atoms with Gasteiger partial charge in [-0.25, -0.2) is 9.37 Å². The lowest BCUT2D eigenvalue weighted by Gasteiger charge is -2.33. The van der Waals surface area contributed by atoms with Gasteiger partial charge in [0, 0.05) is 31.9 Å². The lowest BCUT2D eigenvalue weighted by atomic mass is 9.91. The number of hydrogen-bond donors (Lipinski definition) is 0. The Labute approximate surface area is 148 Å². The maximum atomic E-state index is 13.0. The second-order valence-electron chi connectivity index (χ2n) is 6.84. The van der Waals surface area contributed by atoms with Crippen molar-refractivity contribution in [1.29, 1.82) is 0 Å². The minimum absolute atomic E-state index is 0.180. The first-order valence-corrected chi connectivity index (χ1v) is 9.18. The molecule has 0 N–H and O–H groups in total. The Morgan fingerprint density at radius 3 is 2.88 bits per heavy atom. The van der Waals surface area contributed by atoms with Gasteiger partial charge in [-0.1, -0.05) is 19.1 Å². The highest BCUT2D eigenvalue weighted by molar-refractivity contribution is 5.76. The smallest absolute Gasteiger partial charge is 0.242 e. The normalized spacial score (nSPS) is 17.7. The number of imidazole rings is 1. The SMILES string of the molecule is CCc1nccn1CC(=O)N1CCCC(CCc2ccc(F)cc2)C1. The summed E-state index contributed by atoms with van der Waals surface area (Å²) < 4.78 is 14.9. The summed E-state index contributed by atoms with van der Waals surface area (Å²) in [5.41, 5.74) is 1.16. The molecule has 1 aliphatic rings. The van der Waals surface area contributed by atoms with Crippen LogP contribution in [0.25, 0.3) is 0 Å². The second-order valence-corrected chi connectivity index (χ2v) is 6.84. The molecule has 1 amide bonds. The van der Waals surface area contributed by atoms with E-state index in [-0.39, 0.29) is 11.7 Å². The maximum absolute atomic E-state index is 13.0. The van der Waals surface area contributed by atoms with Crippen molar-refractivity contribution in [2.45, 2.75) is 45.6 Å². The van der Waals surface area contributed by atoms with E-state index in [9.17, 15) is 9.18 Å². The van der Waals surface area contributed by atoms with E-state index in [1.54, 1.807) is 6.20 Å². The summed E-state index contributed by atoms with van der Waals surface area (Å²) in [6.07, 6.45) is 8.68. The number of amides is 1. The van der Waals surface area contributed by atoms with Crippen LogP contribution in [-0.4, -0.2) is 33.4 Å². The zero-order valence-corrected chi connectivity index (χ0v) is 14.8. The number of benzene rings is 1. The van der Waals surface area contributed by atoms with Crippen molar-refractivity contribution in [1.82, 2.24) is 14.5 Å². The Hall–Kier alpha value is -2.17. The third-order valence-electron chi connectivity index (χ3n) is 5.05. The molecule has 2 heterocycles. The predicted octanol–water partition coefficient (Wildman–Crippen LogP) is 3.46. The number of rotatable bonds is 6. The van der Waals surface area contributed by atoms with Crippen molar-refractivity contribution >= 4 is 5.91 Å². The van der Waals surface area contributed by atoms with Crippen LogP contribution in [0.4, 0.5) is 4.39 Å². The summed E-state index contributed by atoms with van der Waals surface area (Å²) in [6, 6.07) is 6.74. The van der Waals surface area contributed by atoms with Crippen LogP contribution in [0.5, 0.6) is 0 Å². The molecule has 0 radical (unpaired) electrons. The van der Waals surface area contributed by atoms with Crippen LogP contribution in [0.3, 0.4) is 0 Å². The van der Waals surface area contributed by atoms with E-state index in [1.165, 1.54) is 12.1 Å². The van der Waals surface area contributed by atoms with E-state index in [0.717, 1.165) is 56.6 Å². The van der Waals surface area contributed by atoms with Crippen LogP contribution in [0.2, 0.25) is 0 Å². The fourth-order valence-corrected chi connectivity index (χ4v) is 3.59. The fourth-order valence-electron chi connectivity index (χ4n) is 3.59. The number of halogens is 1. The van der Waals surface area contributed by atoms with Crippen LogP contribution in [-0.2, 0) is 24.2 Å².